The van der Waals surface area contributed by atoms with E-state index in [1.54, 1.807) is 14.0 Å². The third-order valence-electron chi connectivity index (χ3n) is 4.53. The number of aliphatic carboxylic acids is 1. The molecule has 102 valence electrons. The molecule has 1 saturated carbocycles. The molecule has 1 aromatic rings. The zero-order valence-corrected chi connectivity index (χ0v) is 11.3. The van der Waals surface area contributed by atoms with Crippen LogP contribution in [0.3, 0.4) is 0 Å². The van der Waals surface area contributed by atoms with Gasteiger partial charge in [-0.1, -0.05) is 6.07 Å². The molecule has 1 spiro atoms. The second-order valence-electron chi connectivity index (χ2n) is 5.72. The van der Waals surface area contributed by atoms with Gasteiger partial charge in [-0.3, -0.25) is 9.69 Å². The highest BCUT2D eigenvalue weighted by atomic mass is 16.5. The maximum atomic E-state index is 11.2. The number of carbonyl (C=O) groups is 1. The molecule has 1 heterocycles. The average Bonchev–Trinajstić information content (AvgIpc) is 3.17. The summed E-state index contributed by atoms with van der Waals surface area (Å²) in [6.07, 6.45) is 2.30. The molecule has 1 atom stereocenters. The van der Waals surface area contributed by atoms with Crippen molar-refractivity contribution in [1.29, 1.82) is 0 Å². The third-order valence-corrected chi connectivity index (χ3v) is 4.53. The van der Waals surface area contributed by atoms with Crippen LogP contribution in [0.2, 0.25) is 0 Å². The van der Waals surface area contributed by atoms with Crippen LogP contribution in [0, 0.1) is 0 Å². The van der Waals surface area contributed by atoms with Crippen molar-refractivity contribution in [3.05, 3.63) is 29.3 Å². The summed E-state index contributed by atoms with van der Waals surface area (Å²) < 4.78 is 5.31. The largest absolute Gasteiger partial charge is 0.497 e. The Balaban J connectivity index is 1.95. The van der Waals surface area contributed by atoms with Crippen LogP contribution in [-0.2, 0) is 16.8 Å². The van der Waals surface area contributed by atoms with E-state index in [0.29, 0.717) is 6.54 Å². The van der Waals surface area contributed by atoms with Gasteiger partial charge in [-0.2, -0.15) is 0 Å². The summed E-state index contributed by atoms with van der Waals surface area (Å²) in [5, 5.41) is 9.19. The van der Waals surface area contributed by atoms with Crippen LogP contribution in [0.25, 0.3) is 0 Å². The van der Waals surface area contributed by atoms with Crippen LogP contribution in [-0.4, -0.2) is 35.7 Å². The van der Waals surface area contributed by atoms with E-state index < -0.39 is 12.0 Å². The number of hydrogen-bond donors (Lipinski definition) is 1. The summed E-state index contributed by atoms with van der Waals surface area (Å²) in [6, 6.07) is 5.75. The molecular weight excluding hydrogens is 242 g/mol. The van der Waals surface area contributed by atoms with Gasteiger partial charge >= 0.3 is 5.97 Å². The van der Waals surface area contributed by atoms with E-state index in [0.717, 1.165) is 25.1 Å². The average molecular weight is 261 g/mol. The van der Waals surface area contributed by atoms with Gasteiger partial charge in [0, 0.05) is 18.5 Å². The smallest absolute Gasteiger partial charge is 0.320 e. The second kappa shape index (κ2) is 4.23. The highest BCUT2D eigenvalue weighted by Crippen LogP contribution is 2.53. The van der Waals surface area contributed by atoms with Gasteiger partial charge in [0.25, 0.3) is 0 Å². The number of carboxylic acids is 1. The number of benzene rings is 1. The molecule has 0 aromatic heterocycles. The van der Waals surface area contributed by atoms with Crippen molar-refractivity contribution in [2.75, 3.05) is 13.7 Å². The van der Waals surface area contributed by atoms with Crippen LogP contribution in [0.15, 0.2) is 18.2 Å². The third kappa shape index (κ3) is 2.00. The van der Waals surface area contributed by atoms with Gasteiger partial charge in [0.2, 0.25) is 0 Å². The van der Waals surface area contributed by atoms with E-state index in [1.165, 1.54) is 11.1 Å². The van der Waals surface area contributed by atoms with Gasteiger partial charge in [0.1, 0.15) is 11.8 Å². The van der Waals surface area contributed by atoms with Crippen molar-refractivity contribution < 1.29 is 14.6 Å². The molecular formula is C15H19NO3. The Bertz CT molecular complexity index is 522. The monoisotopic (exact) mass is 261 g/mol. The summed E-state index contributed by atoms with van der Waals surface area (Å²) in [5.41, 5.74) is 2.78. The van der Waals surface area contributed by atoms with Gasteiger partial charge in [-0.05, 0) is 43.0 Å². The minimum atomic E-state index is -0.743. The molecule has 0 bridgehead atoms. The van der Waals surface area contributed by atoms with Gasteiger partial charge < -0.3 is 9.84 Å². The number of fused-ring (bicyclic) bond motifs is 2. The Hall–Kier alpha value is -1.55. The molecule has 3 rings (SSSR count). The lowest BCUT2D eigenvalue weighted by Crippen LogP contribution is -2.46. The number of nitrogens with zero attached hydrogens (tertiary/aromatic N) is 1. The van der Waals surface area contributed by atoms with Gasteiger partial charge in [-0.25, -0.2) is 0 Å². The quantitative estimate of drug-likeness (QED) is 0.904. The van der Waals surface area contributed by atoms with Crippen molar-refractivity contribution in [3.63, 3.8) is 0 Å². The minimum absolute atomic E-state index is 0.172. The lowest BCUT2D eigenvalue weighted by molar-refractivity contribution is -0.143. The Kier molecular flexibility index (Phi) is 2.78. The molecule has 1 unspecified atom stereocenters. The van der Waals surface area contributed by atoms with Crippen molar-refractivity contribution in [2.45, 2.75) is 37.8 Å². The molecule has 0 amide bonds. The Morgan fingerprint density at radius 2 is 2.21 bits per heavy atom. The molecule has 19 heavy (non-hydrogen) atoms. The van der Waals surface area contributed by atoms with Crippen LogP contribution in [0.5, 0.6) is 5.75 Å². The molecule has 4 heteroatoms. The first-order valence-corrected chi connectivity index (χ1v) is 6.70. The van der Waals surface area contributed by atoms with Crippen molar-refractivity contribution in [1.82, 2.24) is 4.90 Å². The zero-order chi connectivity index (χ0) is 13.6. The summed E-state index contributed by atoms with van der Waals surface area (Å²) in [5.74, 6) is 0.150. The first-order chi connectivity index (χ1) is 9.05. The first kappa shape index (κ1) is 12.5. The summed E-state index contributed by atoms with van der Waals surface area (Å²) in [6.45, 7) is 3.34. The number of methoxy groups -OCH3 is 1. The molecule has 2 aliphatic rings. The topological polar surface area (TPSA) is 49.8 Å². The fourth-order valence-corrected chi connectivity index (χ4v) is 3.07. The zero-order valence-electron chi connectivity index (χ0n) is 11.3. The minimum Gasteiger partial charge on any atom is -0.497 e. The molecule has 1 N–H and O–H groups in total. The number of carboxylic acid groups (broad SMARTS) is 1. The molecule has 0 radical (unpaired) electrons. The Labute approximate surface area is 113 Å². The maximum absolute atomic E-state index is 11.2. The second-order valence-corrected chi connectivity index (χ2v) is 5.72. The maximum Gasteiger partial charge on any atom is 0.320 e. The van der Waals surface area contributed by atoms with Gasteiger partial charge in [0.15, 0.2) is 0 Å². The van der Waals surface area contributed by atoms with E-state index >= 15 is 0 Å². The van der Waals surface area contributed by atoms with Crippen molar-refractivity contribution >= 4 is 5.97 Å². The molecule has 1 fully saturated rings. The van der Waals surface area contributed by atoms with Crippen molar-refractivity contribution in [2.24, 2.45) is 0 Å². The lowest BCUT2D eigenvalue weighted by Gasteiger charge is -2.37. The first-order valence-electron chi connectivity index (χ1n) is 6.70. The van der Waals surface area contributed by atoms with Crippen LogP contribution >= 0.6 is 0 Å². The molecule has 4 nitrogen and oxygen atoms in total. The number of hydrogen-bond acceptors (Lipinski definition) is 3. The van der Waals surface area contributed by atoms with Crippen LogP contribution in [0.1, 0.15) is 30.9 Å². The molecule has 1 aliphatic heterocycles. The van der Waals surface area contributed by atoms with E-state index in [4.69, 9.17) is 4.74 Å². The van der Waals surface area contributed by atoms with E-state index in [2.05, 4.69) is 17.0 Å². The van der Waals surface area contributed by atoms with Gasteiger partial charge in [-0.15, -0.1) is 0 Å². The molecule has 0 saturated heterocycles. The summed E-state index contributed by atoms with van der Waals surface area (Å²) in [7, 11) is 1.68. The van der Waals surface area contributed by atoms with E-state index in [1.807, 2.05) is 6.07 Å². The lowest BCUT2D eigenvalue weighted by atomic mass is 9.86. The van der Waals surface area contributed by atoms with Crippen molar-refractivity contribution in [3.8, 4) is 5.75 Å². The normalized spacial score (nSPS) is 21.8. The molecule has 1 aliphatic carbocycles. The SMILES string of the molecule is COc1ccc2c(c1)C1(CC1)CN(C(C)C(=O)O)C2. The number of rotatable bonds is 3. The fraction of sp³-hybridized carbons (Fsp3) is 0.533. The fourth-order valence-electron chi connectivity index (χ4n) is 3.07. The molecule has 1 aromatic carbocycles. The van der Waals surface area contributed by atoms with Crippen LogP contribution < -0.4 is 4.74 Å². The predicted molar refractivity (Wildman–Crippen MR) is 71.4 cm³/mol. The number of ether oxygens (including phenoxy) is 1. The summed E-state index contributed by atoms with van der Waals surface area (Å²) >= 11 is 0. The van der Waals surface area contributed by atoms with Crippen LogP contribution in [0.4, 0.5) is 0 Å². The highest BCUT2D eigenvalue weighted by Gasteiger charge is 2.50. The van der Waals surface area contributed by atoms with E-state index in [-0.39, 0.29) is 5.41 Å². The highest BCUT2D eigenvalue weighted by molar-refractivity contribution is 5.73. The summed E-state index contributed by atoms with van der Waals surface area (Å²) in [4.78, 5) is 13.3. The van der Waals surface area contributed by atoms with E-state index in [9.17, 15) is 9.90 Å². The van der Waals surface area contributed by atoms with Gasteiger partial charge in [0.05, 0.1) is 7.11 Å². The standard InChI is InChI=1S/C15H19NO3/c1-10(14(17)18)16-8-11-3-4-12(19-2)7-13(11)15(9-16)5-6-15/h3-4,7,10H,5-6,8-9H2,1-2H3,(H,17,18). The Morgan fingerprint density at radius 3 is 2.79 bits per heavy atom. The predicted octanol–water partition coefficient (Wildman–Crippen LogP) is 2.02. The Morgan fingerprint density at radius 1 is 1.47 bits per heavy atom.